The molecule has 120 valence electrons. The molecule has 2 aromatic rings. The number of anilines is 1. The first-order valence-electron chi connectivity index (χ1n) is 7.57. The first kappa shape index (κ1) is 15.7. The minimum absolute atomic E-state index is 0.112. The summed E-state index contributed by atoms with van der Waals surface area (Å²) in [6.07, 6.45) is 2.14. The number of thiophene rings is 1. The van der Waals surface area contributed by atoms with Gasteiger partial charge in [0.25, 0.3) is 11.8 Å². The normalized spacial score (nSPS) is 17.0. The van der Waals surface area contributed by atoms with Crippen LogP contribution in [0.4, 0.5) is 5.69 Å². The fourth-order valence-electron chi connectivity index (χ4n) is 2.45. The Bertz CT molecular complexity index is 679. The Balaban J connectivity index is 1.60. The van der Waals surface area contributed by atoms with Crippen molar-refractivity contribution in [3.05, 3.63) is 52.2 Å². The first-order chi connectivity index (χ1) is 11.2. The fraction of sp³-hybridized carbons (Fsp3) is 0.294. The van der Waals surface area contributed by atoms with Gasteiger partial charge in [-0.05, 0) is 42.5 Å². The minimum Gasteiger partial charge on any atom is -0.376 e. The zero-order valence-corrected chi connectivity index (χ0v) is 13.4. The average molecular weight is 330 g/mol. The molecule has 23 heavy (non-hydrogen) atoms. The fourth-order valence-corrected chi connectivity index (χ4v) is 3.07. The SMILES string of the molecule is O=C(NC[C@@H]1CCCO1)c1cccc(NC(=O)c2cccs2)c1. The van der Waals surface area contributed by atoms with Crippen LogP contribution < -0.4 is 10.6 Å². The number of hydrogen-bond donors (Lipinski definition) is 2. The Labute approximate surface area is 138 Å². The molecule has 1 fully saturated rings. The Morgan fingerprint density at radius 1 is 1.22 bits per heavy atom. The first-order valence-corrected chi connectivity index (χ1v) is 8.45. The van der Waals surface area contributed by atoms with Crippen LogP contribution in [-0.4, -0.2) is 31.1 Å². The molecule has 1 atom stereocenters. The summed E-state index contributed by atoms with van der Waals surface area (Å²) < 4.78 is 5.49. The summed E-state index contributed by atoms with van der Waals surface area (Å²) in [5.41, 5.74) is 1.13. The number of carbonyl (C=O) groups is 2. The molecular weight excluding hydrogens is 312 g/mol. The number of hydrogen-bond acceptors (Lipinski definition) is 4. The predicted octanol–water partition coefficient (Wildman–Crippen LogP) is 2.91. The molecule has 3 rings (SSSR count). The number of ether oxygens (including phenoxy) is 1. The second-order valence-electron chi connectivity index (χ2n) is 5.36. The molecule has 0 aliphatic carbocycles. The van der Waals surface area contributed by atoms with Crippen LogP contribution in [0.25, 0.3) is 0 Å². The quantitative estimate of drug-likeness (QED) is 0.886. The van der Waals surface area contributed by atoms with Crippen molar-refractivity contribution < 1.29 is 14.3 Å². The van der Waals surface area contributed by atoms with Crippen LogP contribution in [-0.2, 0) is 4.74 Å². The maximum Gasteiger partial charge on any atom is 0.265 e. The van der Waals surface area contributed by atoms with Crippen molar-refractivity contribution in [3.8, 4) is 0 Å². The van der Waals surface area contributed by atoms with Crippen LogP contribution in [0.2, 0.25) is 0 Å². The van der Waals surface area contributed by atoms with E-state index in [0.29, 0.717) is 22.7 Å². The Morgan fingerprint density at radius 3 is 2.87 bits per heavy atom. The third kappa shape index (κ3) is 4.18. The van der Waals surface area contributed by atoms with Gasteiger partial charge in [-0.15, -0.1) is 11.3 Å². The number of rotatable bonds is 5. The predicted molar refractivity (Wildman–Crippen MR) is 90.0 cm³/mol. The van der Waals surface area contributed by atoms with Crippen molar-refractivity contribution >= 4 is 28.8 Å². The molecule has 1 aliphatic heterocycles. The van der Waals surface area contributed by atoms with Gasteiger partial charge >= 0.3 is 0 Å². The summed E-state index contributed by atoms with van der Waals surface area (Å²) in [5.74, 6) is -0.329. The van der Waals surface area contributed by atoms with Crippen LogP contribution in [0.3, 0.4) is 0 Å². The zero-order chi connectivity index (χ0) is 16.1. The second-order valence-corrected chi connectivity index (χ2v) is 6.30. The number of benzene rings is 1. The average Bonchev–Trinajstić information content (AvgIpc) is 3.26. The lowest BCUT2D eigenvalue weighted by Crippen LogP contribution is -2.31. The molecule has 2 heterocycles. The molecule has 1 aliphatic rings. The third-order valence-electron chi connectivity index (χ3n) is 3.64. The Morgan fingerprint density at radius 2 is 2.13 bits per heavy atom. The van der Waals surface area contributed by atoms with Crippen LogP contribution in [0.15, 0.2) is 41.8 Å². The van der Waals surface area contributed by atoms with E-state index in [1.54, 1.807) is 30.3 Å². The summed E-state index contributed by atoms with van der Waals surface area (Å²) in [6, 6.07) is 10.5. The Hall–Kier alpha value is -2.18. The highest BCUT2D eigenvalue weighted by Crippen LogP contribution is 2.15. The van der Waals surface area contributed by atoms with E-state index in [-0.39, 0.29) is 17.9 Å². The molecule has 5 nitrogen and oxygen atoms in total. The van der Waals surface area contributed by atoms with E-state index in [4.69, 9.17) is 4.74 Å². The highest BCUT2D eigenvalue weighted by molar-refractivity contribution is 7.12. The van der Waals surface area contributed by atoms with E-state index < -0.39 is 0 Å². The van der Waals surface area contributed by atoms with Crippen LogP contribution >= 0.6 is 11.3 Å². The Kier molecular flexibility index (Phi) is 5.05. The molecular formula is C17H18N2O3S. The summed E-state index contributed by atoms with van der Waals surface area (Å²) in [7, 11) is 0. The summed E-state index contributed by atoms with van der Waals surface area (Å²) in [6.45, 7) is 1.29. The third-order valence-corrected chi connectivity index (χ3v) is 4.51. The lowest BCUT2D eigenvalue weighted by atomic mass is 10.1. The van der Waals surface area contributed by atoms with Gasteiger partial charge in [-0.3, -0.25) is 9.59 Å². The van der Waals surface area contributed by atoms with E-state index in [9.17, 15) is 9.59 Å². The van der Waals surface area contributed by atoms with Gasteiger partial charge in [0.15, 0.2) is 0 Å². The van der Waals surface area contributed by atoms with Gasteiger partial charge in [0.2, 0.25) is 0 Å². The standard InChI is InChI=1S/C17H18N2O3S/c20-16(18-11-14-6-2-8-22-14)12-4-1-5-13(10-12)19-17(21)15-7-3-9-23-15/h1,3-5,7,9-10,14H,2,6,8,11H2,(H,18,20)(H,19,21)/t14-/m0/s1. The van der Waals surface area contributed by atoms with Gasteiger partial charge in [0, 0.05) is 24.4 Å². The molecule has 1 aromatic heterocycles. The highest BCUT2D eigenvalue weighted by Gasteiger charge is 2.17. The molecule has 6 heteroatoms. The van der Waals surface area contributed by atoms with Gasteiger partial charge in [0.05, 0.1) is 11.0 Å². The molecule has 1 saturated heterocycles. The zero-order valence-electron chi connectivity index (χ0n) is 12.6. The number of amides is 2. The molecule has 0 unspecified atom stereocenters. The molecule has 1 aromatic carbocycles. The van der Waals surface area contributed by atoms with Crippen LogP contribution in [0.1, 0.15) is 32.9 Å². The van der Waals surface area contributed by atoms with Gasteiger partial charge in [-0.25, -0.2) is 0 Å². The number of nitrogens with one attached hydrogen (secondary N) is 2. The van der Waals surface area contributed by atoms with Crippen molar-refractivity contribution in [1.29, 1.82) is 0 Å². The van der Waals surface area contributed by atoms with Crippen molar-refractivity contribution in [2.75, 3.05) is 18.5 Å². The van der Waals surface area contributed by atoms with E-state index in [1.807, 2.05) is 11.4 Å². The molecule has 2 amide bonds. The molecule has 0 bridgehead atoms. The highest BCUT2D eigenvalue weighted by atomic mass is 32.1. The van der Waals surface area contributed by atoms with E-state index >= 15 is 0 Å². The smallest absolute Gasteiger partial charge is 0.265 e. The van der Waals surface area contributed by atoms with Gasteiger partial charge in [0.1, 0.15) is 0 Å². The summed E-state index contributed by atoms with van der Waals surface area (Å²) in [4.78, 5) is 24.9. The lowest BCUT2D eigenvalue weighted by Gasteiger charge is -2.11. The van der Waals surface area contributed by atoms with Gasteiger partial charge in [-0.2, -0.15) is 0 Å². The van der Waals surface area contributed by atoms with Gasteiger partial charge in [-0.1, -0.05) is 12.1 Å². The van der Waals surface area contributed by atoms with Crippen LogP contribution in [0.5, 0.6) is 0 Å². The molecule has 0 saturated carbocycles. The second kappa shape index (κ2) is 7.39. The van der Waals surface area contributed by atoms with E-state index in [2.05, 4.69) is 10.6 Å². The summed E-state index contributed by atoms with van der Waals surface area (Å²) >= 11 is 1.38. The van der Waals surface area contributed by atoms with Crippen molar-refractivity contribution in [2.24, 2.45) is 0 Å². The minimum atomic E-state index is -0.170. The van der Waals surface area contributed by atoms with Crippen LogP contribution in [0, 0.1) is 0 Å². The molecule has 0 spiro atoms. The van der Waals surface area contributed by atoms with Gasteiger partial charge < -0.3 is 15.4 Å². The molecule has 0 radical (unpaired) electrons. The topological polar surface area (TPSA) is 67.4 Å². The van der Waals surface area contributed by atoms with Crippen molar-refractivity contribution in [1.82, 2.24) is 5.32 Å². The summed E-state index contributed by atoms with van der Waals surface area (Å²) in [5, 5.41) is 7.53. The molecule has 2 N–H and O–H groups in total. The monoisotopic (exact) mass is 330 g/mol. The largest absolute Gasteiger partial charge is 0.376 e. The van der Waals surface area contributed by atoms with Crippen molar-refractivity contribution in [2.45, 2.75) is 18.9 Å². The maximum atomic E-state index is 12.2. The van der Waals surface area contributed by atoms with E-state index in [0.717, 1.165) is 19.4 Å². The van der Waals surface area contributed by atoms with Crippen molar-refractivity contribution in [3.63, 3.8) is 0 Å². The van der Waals surface area contributed by atoms with E-state index in [1.165, 1.54) is 11.3 Å². The maximum absolute atomic E-state index is 12.2. The lowest BCUT2D eigenvalue weighted by molar-refractivity contribution is 0.0857. The number of carbonyl (C=O) groups excluding carboxylic acids is 2.